The number of rotatable bonds is 3. The summed E-state index contributed by atoms with van der Waals surface area (Å²) >= 11 is 0. The Balaban J connectivity index is 1.61. The summed E-state index contributed by atoms with van der Waals surface area (Å²) in [6.07, 6.45) is 2.35. The van der Waals surface area contributed by atoms with Crippen LogP contribution >= 0.6 is 0 Å². The predicted molar refractivity (Wildman–Crippen MR) is 121 cm³/mol. The van der Waals surface area contributed by atoms with Gasteiger partial charge in [0.2, 0.25) is 5.91 Å². The molecule has 33 heavy (non-hydrogen) atoms. The number of aliphatic hydroxyl groups is 2. The molecule has 5 aliphatic rings. The van der Waals surface area contributed by atoms with Crippen LogP contribution in [0.4, 0.5) is 0 Å². The summed E-state index contributed by atoms with van der Waals surface area (Å²) in [5.74, 6) is 0.333. The van der Waals surface area contributed by atoms with Crippen molar-refractivity contribution < 1.29 is 29.3 Å². The lowest BCUT2D eigenvalue weighted by Gasteiger charge is -2.70. The van der Waals surface area contributed by atoms with Crippen LogP contribution in [0.5, 0.6) is 0 Å². The zero-order valence-corrected chi connectivity index (χ0v) is 20.7. The largest absolute Gasteiger partial charge is 0.394 e. The standard InChI is InChI=1S/C26H41NO6/c1-13-6-7-19-24(3,4)22(30)18(32-9-8-28)12-26(19)25(13,5)11-16-17(29)10-15-20(21(16)33-26)14(2)27-23(15)31/h13-21,28-29H,6-12H2,1-5H3,(H,27,31). The molecule has 1 amide bonds. The molecule has 11 atom stereocenters. The minimum atomic E-state index is -0.616. The first-order valence-corrected chi connectivity index (χ1v) is 12.9. The molecule has 0 aromatic carbocycles. The monoisotopic (exact) mass is 463 g/mol. The van der Waals surface area contributed by atoms with Crippen molar-refractivity contribution in [3.8, 4) is 0 Å². The number of ether oxygens (including phenoxy) is 2. The average Bonchev–Trinajstić information content (AvgIpc) is 3.03. The Hall–Kier alpha value is -1.02. The predicted octanol–water partition coefficient (Wildman–Crippen LogP) is 2.07. The van der Waals surface area contributed by atoms with Crippen LogP contribution in [0.3, 0.4) is 0 Å². The number of nitrogens with one attached hydrogen (secondary N) is 1. The van der Waals surface area contributed by atoms with E-state index in [1.165, 1.54) is 0 Å². The van der Waals surface area contributed by atoms with Crippen molar-refractivity contribution in [2.75, 3.05) is 13.2 Å². The molecule has 0 radical (unpaired) electrons. The summed E-state index contributed by atoms with van der Waals surface area (Å²) in [6, 6.07) is 0.00221. The summed E-state index contributed by atoms with van der Waals surface area (Å²) in [5, 5.41) is 23.7. The van der Waals surface area contributed by atoms with E-state index in [0.717, 1.165) is 19.3 Å². The first-order chi connectivity index (χ1) is 15.5. The Bertz CT molecular complexity index is 830. The molecule has 3 N–H and O–H groups in total. The number of carbonyl (C=O) groups excluding carboxylic acids is 2. The Morgan fingerprint density at radius 2 is 1.88 bits per heavy atom. The van der Waals surface area contributed by atoms with Gasteiger partial charge in [-0.2, -0.15) is 0 Å². The molecule has 1 spiro atoms. The maximum absolute atomic E-state index is 13.5. The van der Waals surface area contributed by atoms with Gasteiger partial charge < -0.3 is 25.0 Å². The van der Waals surface area contributed by atoms with Crippen LogP contribution in [-0.2, 0) is 19.1 Å². The summed E-state index contributed by atoms with van der Waals surface area (Å²) in [7, 11) is 0. The molecule has 2 aliphatic heterocycles. The van der Waals surface area contributed by atoms with Crippen LogP contribution in [-0.4, -0.2) is 65.1 Å². The van der Waals surface area contributed by atoms with Gasteiger partial charge >= 0.3 is 0 Å². The molecule has 3 saturated carbocycles. The van der Waals surface area contributed by atoms with Crippen LogP contribution < -0.4 is 5.32 Å². The van der Waals surface area contributed by atoms with E-state index in [0.29, 0.717) is 18.8 Å². The molecule has 186 valence electrons. The van der Waals surface area contributed by atoms with E-state index in [4.69, 9.17) is 9.47 Å². The van der Waals surface area contributed by atoms with Crippen LogP contribution in [0.15, 0.2) is 0 Å². The van der Waals surface area contributed by atoms with E-state index in [9.17, 15) is 19.8 Å². The molecular weight excluding hydrogens is 422 g/mol. The molecule has 5 fully saturated rings. The van der Waals surface area contributed by atoms with Crippen LogP contribution in [0.25, 0.3) is 0 Å². The highest BCUT2D eigenvalue weighted by Crippen LogP contribution is 2.68. The molecule has 7 heteroatoms. The third-order valence-electron chi connectivity index (χ3n) is 10.7. The molecule has 0 aromatic heterocycles. The lowest BCUT2D eigenvalue weighted by atomic mass is 9.42. The van der Waals surface area contributed by atoms with Crippen molar-refractivity contribution >= 4 is 11.7 Å². The maximum atomic E-state index is 13.5. The number of ketones is 1. The van der Waals surface area contributed by atoms with Crippen molar-refractivity contribution in [3.05, 3.63) is 0 Å². The number of hydrogen-bond acceptors (Lipinski definition) is 6. The molecule has 0 aromatic rings. The Morgan fingerprint density at radius 1 is 1.15 bits per heavy atom. The van der Waals surface area contributed by atoms with E-state index in [-0.39, 0.29) is 66.1 Å². The van der Waals surface area contributed by atoms with Gasteiger partial charge in [0, 0.05) is 47.0 Å². The second kappa shape index (κ2) is 7.74. The van der Waals surface area contributed by atoms with Crippen LogP contribution in [0.2, 0.25) is 0 Å². The van der Waals surface area contributed by atoms with E-state index in [2.05, 4.69) is 26.1 Å². The SMILES string of the molecule is CC1NC(=O)C2CC(O)C3CC4(C)C(C)CCC5C(C)(C)C(=O)C(OCCO)CC54OC3C12. The molecule has 11 unspecified atom stereocenters. The van der Waals surface area contributed by atoms with E-state index >= 15 is 0 Å². The number of amides is 1. The van der Waals surface area contributed by atoms with Crippen molar-refractivity contribution in [1.29, 1.82) is 0 Å². The summed E-state index contributed by atoms with van der Waals surface area (Å²) < 4.78 is 13.2. The topological polar surface area (TPSA) is 105 Å². The van der Waals surface area contributed by atoms with E-state index in [1.54, 1.807) is 0 Å². The summed E-state index contributed by atoms with van der Waals surface area (Å²) in [6.45, 7) is 10.7. The Labute approximate surface area is 197 Å². The Morgan fingerprint density at radius 3 is 2.58 bits per heavy atom. The molecule has 2 saturated heterocycles. The number of aliphatic hydroxyl groups excluding tert-OH is 2. The van der Waals surface area contributed by atoms with Crippen molar-refractivity contribution in [2.24, 2.45) is 40.4 Å². The first-order valence-electron chi connectivity index (χ1n) is 12.9. The quantitative estimate of drug-likeness (QED) is 0.592. The molecule has 0 bridgehead atoms. The van der Waals surface area contributed by atoms with Gasteiger partial charge in [-0.25, -0.2) is 0 Å². The second-order valence-electron chi connectivity index (χ2n) is 12.4. The highest BCUT2D eigenvalue weighted by molar-refractivity contribution is 5.90. The number of hydrogen-bond donors (Lipinski definition) is 3. The van der Waals surface area contributed by atoms with Crippen molar-refractivity contribution in [1.82, 2.24) is 5.32 Å². The minimum Gasteiger partial charge on any atom is -0.394 e. The number of Topliss-reactive ketones (excluding diaryl/α,β-unsaturated/α-hetero) is 1. The van der Waals surface area contributed by atoms with Crippen LogP contribution in [0, 0.1) is 40.4 Å². The smallest absolute Gasteiger partial charge is 0.223 e. The zero-order valence-electron chi connectivity index (χ0n) is 20.7. The average molecular weight is 464 g/mol. The fraction of sp³-hybridized carbons (Fsp3) is 0.923. The first kappa shape index (κ1) is 23.7. The van der Waals surface area contributed by atoms with E-state index in [1.807, 2.05) is 13.8 Å². The molecule has 2 heterocycles. The normalized spacial score (nSPS) is 52.9. The van der Waals surface area contributed by atoms with Crippen molar-refractivity contribution in [3.63, 3.8) is 0 Å². The van der Waals surface area contributed by atoms with Gasteiger partial charge in [0.15, 0.2) is 5.78 Å². The second-order valence-corrected chi connectivity index (χ2v) is 12.4. The Kier molecular flexibility index (Phi) is 5.56. The lowest BCUT2D eigenvalue weighted by Crippen LogP contribution is -2.74. The van der Waals surface area contributed by atoms with Gasteiger partial charge in [0.25, 0.3) is 0 Å². The summed E-state index contributed by atoms with van der Waals surface area (Å²) in [5.41, 5.74) is -1.41. The minimum absolute atomic E-state index is 0.00221. The van der Waals surface area contributed by atoms with Crippen LogP contribution in [0.1, 0.15) is 66.7 Å². The maximum Gasteiger partial charge on any atom is 0.223 e. The number of carbonyl (C=O) groups is 2. The molecule has 3 aliphatic carbocycles. The summed E-state index contributed by atoms with van der Waals surface area (Å²) in [4.78, 5) is 26.2. The van der Waals surface area contributed by atoms with Crippen molar-refractivity contribution in [2.45, 2.75) is 96.7 Å². The van der Waals surface area contributed by atoms with Gasteiger partial charge in [-0.3, -0.25) is 9.59 Å². The fourth-order valence-corrected chi connectivity index (χ4v) is 8.84. The van der Waals surface area contributed by atoms with Gasteiger partial charge in [-0.1, -0.05) is 27.7 Å². The molecular formula is C26H41NO6. The third-order valence-corrected chi connectivity index (χ3v) is 10.7. The van der Waals surface area contributed by atoms with Gasteiger partial charge in [-0.15, -0.1) is 0 Å². The van der Waals surface area contributed by atoms with E-state index < -0.39 is 23.2 Å². The molecule has 7 nitrogen and oxygen atoms in total. The third kappa shape index (κ3) is 3.08. The van der Waals surface area contributed by atoms with Gasteiger partial charge in [0.05, 0.1) is 31.0 Å². The zero-order chi connectivity index (χ0) is 23.9. The van der Waals surface area contributed by atoms with Gasteiger partial charge in [0.1, 0.15) is 6.10 Å². The molecule has 5 rings (SSSR count). The highest BCUT2D eigenvalue weighted by Gasteiger charge is 2.72. The fourth-order valence-electron chi connectivity index (χ4n) is 8.84. The lowest BCUT2D eigenvalue weighted by molar-refractivity contribution is -0.331. The number of fused-ring (bicyclic) bond motifs is 3. The highest BCUT2D eigenvalue weighted by atomic mass is 16.5. The van der Waals surface area contributed by atoms with Gasteiger partial charge in [-0.05, 0) is 38.5 Å².